The van der Waals surface area contributed by atoms with Crippen LogP contribution in [-0.2, 0) is 11.3 Å². The minimum absolute atomic E-state index is 0.00516. The number of alkyl halides is 1. The van der Waals surface area contributed by atoms with E-state index >= 15 is 0 Å². The van der Waals surface area contributed by atoms with Crippen molar-refractivity contribution in [3.8, 4) is 0 Å². The third kappa shape index (κ3) is 3.92. The highest BCUT2D eigenvalue weighted by molar-refractivity contribution is 6.19. The van der Waals surface area contributed by atoms with Crippen LogP contribution in [0.1, 0.15) is 18.1 Å². The molecule has 0 radical (unpaired) electrons. The number of hydrogen-bond acceptors (Lipinski definition) is 1. The van der Waals surface area contributed by atoms with Gasteiger partial charge >= 0.3 is 0 Å². The summed E-state index contributed by atoms with van der Waals surface area (Å²) in [6.07, 6.45) is 0. The predicted octanol–water partition coefficient (Wildman–Crippen LogP) is 2.49. The van der Waals surface area contributed by atoms with Crippen molar-refractivity contribution in [1.82, 2.24) is 5.32 Å². The summed E-state index contributed by atoms with van der Waals surface area (Å²) in [6, 6.07) is 8.10. The number of halogens is 1. The molecule has 0 saturated heterocycles. The molecule has 0 heterocycles. The van der Waals surface area contributed by atoms with Gasteiger partial charge in [-0.25, -0.2) is 0 Å². The van der Waals surface area contributed by atoms with Crippen LogP contribution in [0.3, 0.4) is 0 Å². The molecule has 0 aliphatic rings. The lowest BCUT2D eigenvalue weighted by molar-refractivity contribution is -0.124. The van der Waals surface area contributed by atoms with Crippen LogP contribution in [0.15, 0.2) is 24.3 Å². The molecule has 1 atom stereocenters. The third-order valence-corrected chi connectivity index (χ3v) is 2.73. The molecular weight excluding hydrogens is 210 g/mol. The minimum atomic E-state index is -0.128. The number of benzene rings is 1. The van der Waals surface area contributed by atoms with Gasteiger partial charge in [0.05, 0.1) is 0 Å². The highest BCUT2D eigenvalue weighted by Crippen LogP contribution is 2.03. The van der Waals surface area contributed by atoms with Gasteiger partial charge in [-0.15, -0.1) is 11.6 Å². The Morgan fingerprint density at radius 3 is 2.53 bits per heavy atom. The SMILES string of the molecule is Cc1ccc(CNC(=O)C(C)CCl)cc1. The fourth-order valence-electron chi connectivity index (χ4n) is 1.14. The molecule has 0 fully saturated rings. The van der Waals surface area contributed by atoms with Crippen molar-refractivity contribution in [1.29, 1.82) is 0 Å². The van der Waals surface area contributed by atoms with E-state index in [1.807, 2.05) is 38.1 Å². The average molecular weight is 226 g/mol. The maximum Gasteiger partial charge on any atom is 0.224 e. The summed E-state index contributed by atoms with van der Waals surface area (Å²) in [4.78, 5) is 11.4. The van der Waals surface area contributed by atoms with Gasteiger partial charge in [-0.3, -0.25) is 4.79 Å². The van der Waals surface area contributed by atoms with Crippen LogP contribution >= 0.6 is 11.6 Å². The van der Waals surface area contributed by atoms with Gasteiger partial charge in [0, 0.05) is 18.3 Å². The topological polar surface area (TPSA) is 29.1 Å². The second-order valence-corrected chi connectivity index (χ2v) is 4.07. The number of amides is 1. The Balaban J connectivity index is 2.43. The van der Waals surface area contributed by atoms with Crippen LogP contribution in [-0.4, -0.2) is 11.8 Å². The average Bonchev–Trinajstić information content (AvgIpc) is 2.26. The zero-order valence-corrected chi connectivity index (χ0v) is 9.84. The van der Waals surface area contributed by atoms with Crippen molar-refractivity contribution in [2.24, 2.45) is 5.92 Å². The maximum atomic E-state index is 11.4. The van der Waals surface area contributed by atoms with Gasteiger partial charge in [-0.1, -0.05) is 36.8 Å². The Kier molecular flexibility index (Phi) is 4.63. The van der Waals surface area contributed by atoms with Crippen molar-refractivity contribution in [3.05, 3.63) is 35.4 Å². The van der Waals surface area contributed by atoms with E-state index in [1.165, 1.54) is 5.56 Å². The number of carbonyl (C=O) groups excluding carboxylic acids is 1. The van der Waals surface area contributed by atoms with Crippen LogP contribution in [0.25, 0.3) is 0 Å². The standard InChI is InChI=1S/C12H16ClNO/c1-9-3-5-11(6-4-9)8-14-12(15)10(2)7-13/h3-6,10H,7-8H2,1-2H3,(H,14,15). The molecule has 82 valence electrons. The lowest BCUT2D eigenvalue weighted by Gasteiger charge is -2.09. The van der Waals surface area contributed by atoms with E-state index in [0.29, 0.717) is 12.4 Å². The van der Waals surface area contributed by atoms with Gasteiger partial charge in [0.1, 0.15) is 0 Å². The summed E-state index contributed by atoms with van der Waals surface area (Å²) in [6.45, 7) is 4.43. The van der Waals surface area contributed by atoms with E-state index in [4.69, 9.17) is 11.6 Å². The van der Waals surface area contributed by atoms with Crippen molar-refractivity contribution in [2.45, 2.75) is 20.4 Å². The summed E-state index contributed by atoms with van der Waals surface area (Å²) in [5, 5.41) is 2.85. The number of nitrogens with one attached hydrogen (secondary N) is 1. The molecule has 2 nitrogen and oxygen atoms in total. The first-order valence-electron chi connectivity index (χ1n) is 5.02. The lowest BCUT2D eigenvalue weighted by atomic mass is 10.1. The number of hydrogen-bond donors (Lipinski definition) is 1. The molecule has 1 aromatic carbocycles. The van der Waals surface area contributed by atoms with E-state index in [2.05, 4.69) is 5.32 Å². The van der Waals surface area contributed by atoms with Crippen molar-refractivity contribution in [2.75, 3.05) is 5.88 Å². The largest absolute Gasteiger partial charge is 0.352 e. The van der Waals surface area contributed by atoms with E-state index in [0.717, 1.165) is 5.56 Å². The summed E-state index contributed by atoms with van der Waals surface area (Å²) in [5.74, 6) is 0.238. The molecule has 1 aromatic rings. The highest BCUT2D eigenvalue weighted by atomic mass is 35.5. The molecule has 0 aliphatic carbocycles. The van der Waals surface area contributed by atoms with Crippen LogP contribution in [0.2, 0.25) is 0 Å². The predicted molar refractivity (Wildman–Crippen MR) is 62.9 cm³/mol. The summed E-state index contributed by atoms with van der Waals surface area (Å²) in [5.41, 5.74) is 2.33. The molecule has 0 spiro atoms. The van der Waals surface area contributed by atoms with E-state index < -0.39 is 0 Å². The molecule has 1 unspecified atom stereocenters. The highest BCUT2D eigenvalue weighted by Gasteiger charge is 2.10. The Bertz CT molecular complexity index is 321. The number of carbonyl (C=O) groups is 1. The van der Waals surface area contributed by atoms with Crippen LogP contribution in [0, 0.1) is 12.8 Å². The molecule has 0 aliphatic heterocycles. The van der Waals surface area contributed by atoms with Crippen LogP contribution in [0.5, 0.6) is 0 Å². The fraction of sp³-hybridized carbons (Fsp3) is 0.417. The van der Waals surface area contributed by atoms with Crippen molar-refractivity contribution in [3.63, 3.8) is 0 Å². The fourth-order valence-corrected chi connectivity index (χ4v) is 1.28. The first-order chi connectivity index (χ1) is 7.13. The molecule has 0 bridgehead atoms. The first-order valence-corrected chi connectivity index (χ1v) is 5.56. The Hall–Kier alpha value is -1.02. The van der Waals surface area contributed by atoms with E-state index in [9.17, 15) is 4.79 Å². The Morgan fingerprint density at radius 2 is 2.00 bits per heavy atom. The van der Waals surface area contributed by atoms with Gasteiger partial charge in [0.15, 0.2) is 0 Å². The molecule has 0 aromatic heterocycles. The monoisotopic (exact) mass is 225 g/mol. The Labute approximate surface area is 95.6 Å². The van der Waals surface area contributed by atoms with Crippen LogP contribution in [0.4, 0.5) is 0 Å². The molecule has 0 saturated carbocycles. The molecule has 3 heteroatoms. The minimum Gasteiger partial charge on any atom is -0.352 e. The zero-order valence-electron chi connectivity index (χ0n) is 9.09. The van der Waals surface area contributed by atoms with Gasteiger partial charge in [-0.05, 0) is 12.5 Å². The molecule has 1 amide bonds. The quantitative estimate of drug-likeness (QED) is 0.784. The second-order valence-electron chi connectivity index (χ2n) is 3.76. The zero-order chi connectivity index (χ0) is 11.3. The van der Waals surface area contributed by atoms with E-state index in [1.54, 1.807) is 0 Å². The van der Waals surface area contributed by atoms with Gasteiger partial charge < -0.3 is 5.32 Å². The first kappa shape index (κ1) is 12.1. The number of aryl methyl sites for hydroxylation is 1. The van der Waals surface area contributed by atoms with Gasteiger partial charge in [-0.2, -0.15) is 0 Å². The normalized spacial score (nSPS) is 12.2. The Morgan fingerprint density at radius 1 is 1.40 bits per heavy atom. The summed E-state index contributed by atoms with van der Waals surface area (Å²) >= 11 is 5.59. The van der Waals surface area contributed by atoms with Crippen molar-refractivity contribution < 1.29 is 4.79 Å². The third-order valence-electron chi connectivity index (χ3n) is 2.27. The van der Waals surface area contributed by atoms with Crippen LogP contribution < -0.4 is 5.32 Å². The van der Waals surface area contributed by atoms with Gasteiger partial charge in [0.25, 0.3) is 0 Å². The molecular formula is C12H16ClNO. The smallest absolute Gasteiger partial charge is 0.224 e. The molecule has 1 N–H and O–H groups in total. The molecule has 15 heavy (non-hydrogen) atoms. The van der Waals surface area contributed by atoms with Crippen molar-refractivity contribution >= 4 is 17.5 Å². The summed E-state index contributed by atoms with van der Waals surface area (Å²) in [7, 11) is 0. The molecule has 1 rings (SSSR count). The van der Waals surface area contributed by atoms with E-state index in [-0.39, 0.29) is 11.8 Å². The summed E-state index contributed by atoms with van der Waals surface area (Å²) < 4.78 is 0. The lowest BCUT2D eigenvalue weighted by Crippen LogP contribution is -2.29. The maximum absolute atomic E-state index is 11.4. The number of rotatable bonds is 4. The van der Waals surface area contributed by atoms with Gasteiger partial charge in [0.2, 0.25) is 5.91 Å². The second kappa shape index (κ2) is 5.76.